The van der Waals surface area contributed by atoms with Gasteiger partial charge in [0.2, 0.25) is 5.09 Å². The van der Waals surface area contributed by atoms with Gasteiger partial charge in [0.25, 0.3) is 10.0 Å². The van der Waals surface area contributed by atoms with Crippen molar-refractivity contribution in [2.75, 3.05) is 0 Å². The van der Waals surface area contributed by atoms with Gasteiger partial charge in [-0.3, -0.25) is 0 Å². The van der Waals surface area contributed by atoms with E-state index in [-0.39, 0.29) is 18.2 Å². The molecule has 8 heteroatoms. The van der Waals surface area contributed by atoms with Gasteiger partial charge in [-0.1, -0.05) is 0 Å². The normalized spacial score (nSPS) is 11.9. The molecule has 3 N–H and O–H groups in total. The molecule has 0 saturated carbocycles. The Morgan fingerprint density at radius 2 is 2.28 bits per heavy atom. The highest BCUT2D eigenvalue weighted by molar-refractivity contribution is 7.89. The van der Waals surface area contributed by atoms with E-state index in [2.05, 4.69) is 9.71 Å². The molecule has 6 nitrogen and oxygen atoms in total. The lowest BCUT2D eigenvalue weighted by molar-refractivity contribution is 0.412. The van der Waals surface area contributed by atoms with Crippen molar-refractivity contribution in [1.29, 1.82) is 0 Å². The van der Waals surface area contributed by atoms with Crippen molar-refractivity contribution in [3.8, 4) is 0 Å². The molecule has 0 amide bonds. The Morgan fingerprint density at radius 1 is 1.50 bits per heavy atom. The number of sulfonamides is 1. The molecule has 2 rings (SSSR count). The maximum Gasteiger partial charge on any atom is 0.274 e. The number of nitrogens with one attached hydrogen (secondary N) is 1. The highest BCUT2D eigenvalue weighted by Crippen LogP contribution is 2.15. The van der Waals surface area contributed by atoms with E-state index >= 15 is 0 Å². The highest BCUT2D eigenvalue weighted by Gasteiger charge is 2.18. The van der Waals surface area contributed by atoms with Gasteiger partial charge >= 0.3 is 0 Å². The van der Waals surface area contributed by atoms with Gasteiger partial charge < -0.3 is 10.2 Å². The summed E-state index contributed by atoms with van der Waals surface area (Å²) in [6.45, 7) is 2.23. The summed E-state index contributed by atoms with van der Waals surface area (Å²) in [6.07, 6.45) is 1.70. The number of nitrogens with two attached hydrogens (primary N) is 1. The zero-order valence-corrected chi connectivity index (χ0v) is 11.3. The molecule has 0 saturated heterocycles. The molecule has 98 valence electrons. The van der Waals surface area contributed by atoms with Gasteiger partial charge in [0, 0.05) is 11.1 Å². The fourth-order valence-corrected chi connectivity index (χ4v) is 3.07. The molecule has 2 aromatic heterocycles. The van der Waals surface area contributed by atoms with E-state index in [9.17, 15) is 8.42 Å². The molecule has 0 bridgehead atoms. The molecular weight excluding hydrogens is 274 g/mol. The number of aromatic nitrogens is 1. The van der Waals surface area contributed by atoms with Gasteiger partial charge in [-0.15, -0.1) is 11.3 Å². The first-order valence-corrected chi connectivity index (χ1v) is 7.51. The number of rotatable bonds is 5. The van der Waals surface area contributed by atoms with Crippen LogP contribution in [0.4, 0.5) is 0 Å². The standard InChI is InChI=1S/C10H13N3O3S2/c1-7-5-12-9(17-7)6-13-18(14,15)10-3-2-8(4-11)16-10/h2-3,5,13H,4,6,11H2,1H3. The molecule has 0 aliphatic rings. The van der Waals surface area contributed by atoms with Gasteiger partial charge in [0.15, 0.2) is 0 Å². The van der Waals surface area contributed by atoms with Gasteiger partial charge in [0.05, 0.1) is 13.1 Å². The van der Waals surface area contributed by atoms with E-state index in [1.54, 1.807) is 12.3 Å². The minimum atomic E-state index is -3.64. The summed E-state index contributed by atoms with van der Waals surface area (Å²) < 4.78 is 31.3. The third-order valence-electron chi connectivity index (χ3n) is 2.19. The average Bonchev–Trinajstić information content (AvgIpc) is 2.95. The zero-order valence-electron chi connectivity index (χ0n) is 9.71. The van der Waals surface area contributed by atoms with E-state index in [1.807, 2.05) is 6.92 Å². The lowest BCUT2D eigenvalue weighted by Crippen LogP contribution is -2.22. The lowest BCUT2D eigenvalue weighted by atomic mass is 10.5. The fourth-order valence-electron chi connectivity index (χ4n) is 1.32. The number of thiazole rings is 1. The Morgan fingerprint density at radius 3 is 2.83 bits per heavy atom. The summed E-state index contributed by atoms with van der Waals surface area (Å²) in [5, 5.41) is 0.581. The molecule has 0 unspecified atom stereocenters. The molecule has 0 radical (unpaired) electrons. The Bertz CT molecular complexity index is 630. The molecule has 0 atom stereocenters. The molecule has 2 aromatic rings. The number of hydrogen-bond acceptors (Lipinski definition) is 6. The van der Waals surface area contributed by atoms with E-state index < -0.39 is 10.0 Å². The summed E-state index contributed by atoms with van der Waals surface area (Å²) >= 11 is 1.44. The molecule has 0 spiro atoms. The SMILES string of the molecule is Cc1cnc(CNS(=O)(=O)c2ccc(CN)o2)s1. The van der Waals surface area contributed by atoms with Crippen LogP contribution in [0.5, 0.6) is 0 Å². The Kier molecular flexibility index (Phi) is 3.81. The van der Waals surface area contributed by atoms with Crippen molar-refractivity contribution < 1.29 is 12.8 Å². The quantitative estimate of drug-likeness (QED) is 0.854. The van der Waals surface area contributed by atoms with Gasteiger partial charge in [-0.25, -0.2) is 18.1 Å². The van der Waals surface area contributed by atoms with Crippen LogP contribution in [0.1, 0.15) is 15.6 Å². The summed E-state index contributed by atoms with van der Waals surface area (Å²) in [5.41, 5.74) is 5.36. The minimum absolute atomic E-state index is 0.128. The predicted molar refractivity (Wildman–Crippen MR) is 67.5 cm³/mol. The van der Waals surface area contributed by atoms with Crippen LogP contribution in [0, 0.1) is 6.92 Å². The van der Waals surface area contributed by atoms with Crippen molar-refractivity contribution in [1.82, 2.24) is 9.71 Å². The van der Waals surface area contributed by atoms with Crippen molar-refractivity contribution in [3.05, 3.63) is 34.0 Å². The summed E-state index contributed by atoms with van der Waals surface area (Å²) in [6, 6.07) is 2.93. The summed E-state index contributed by atoms with van der Waals surface area (Å²) in [7, 11) is -3.64. The van der Waals surface area contributed by atoms with Gasteiger partial charge in [0.1, 0.15) is 10.8 Å². The lowest BCUT2D eigenvalue weighted by Gasteiger charge is -2.01. The number of hydrogen-bond donors (Lipinski definition) is 2. The summed E-state index contributed by atoms with van der Waals surface area (Å²) in [5.74, 6) is 0.431. The topological polar surface area (TPSA) is 98.2 Å². The molecule has 0 aliphatic carbocycles. The van der Waals surface area contributed by atoms with Crippen molar-refractivity contribution >= 4 is 21.4 Å². The largest absolute Gasteiger partial charge is 0.447 e. The van der Waals surface area contributed by atoms with Gasteiger partial charge in [-0.2, -0.15) is 0 Å². The van der Waals surface area contributed by atoms with Crippen LogP contribution in [-0.2, 0) is 23.1 Å². The van der Waals surface area contributed by atoms with Crippen molar-refractivity contribution in [2.45, 2.75) is 25.1 Å². The van der Waals surface area contributed by atoms with Crippen LogP contribution in [0.15, 0.2) is 27.8 Å². The molecule has 0 aliphatic heterocycles. The minimum Gasteiger partial charge on any atom is -0.447 e. The number of nitrogens with zero attached hydrogens (tertiary/aromatic N) is 1. The van der Waals surface area contributed by atoms with E-state index in [0.717, 1.165) is 4.88 Å². The van der Waals surface area contributed by atoms with Crippen molar-refractivity contribution in [3.63, 3.8) is 0 Å². The van der Waals surface area contributed by atoms with Crippen molar-refractivity contribution in [2.24, 2.45) is 5.73 Å². The third kappa shape index (κ3) is 2.96. The Labute approximate surface area is 109 Å². The molecular formula is C10H13N3O3S2. The zero-order chi connectivity index (χ0) is 13.2. The van der Waals surface area contributed by atoms with Crippen LogP contribution < -0.4 is 10.5 Å². The second kappa shape index (κ2) is 5.19. The summed E-state index contributed by atoms with van der Waals surface area (Å²) in [4.78, 5) is 5.11. The molecule has 0 aromatic carbocycles. The van der Waals surface area contributed by atoms with E-state index in [0.29, 0.717) is 10.8 Å². The van der Waals surface area contributed by atoms with Crippen LogP contribution >= 0.6 is 11.3 Å². The van der Waals surface area contributed by atoms with E-state index in [4.69, 9.17) is 10.2 Å². The maximum atomic E-state index is 11.9. The molecule has 2 heterocycles. The average molecular weight is 287 g/mol. The second-order valence-electron chi connectivity index (χ2n) is 3.61. The number of aryl methyl sites for hydroxylation is 1. The predicted octanol–water partition coefficient (Wildman–Crippen LogP) is 0.982. The Hall–Kier alpha value is -1.22. The first kappa shape index (κ1) is 13.2. The van der Waals surface area contributed by atoms with Crippen LogP contribution in [0.2, 0.25) is 0 Å². The second-order valence-corrected chi connectivity index (χ2v) is 6.63. The number of furan rings is 1. The first-order valence-electron chi connectivity index (χ1n) is 5.21. The highest BCUT2D eigenvalue weighted by atomic mass is 32.2. The van der Waals surface area contributed by atoms with Gasteiger partial charge in [-0.05, 0) is 19.1 Å². The van der Waals surface area contributed by atoms with E-state index in [1.165, 1.54) is 17.4 Å². The Balaban J connectivity index is 2.07. The first-order chi connectivity index (χ1) is 8.51. The third-order valence-corrected chi connectivity index (χ3v) is 4.37. The fraction of sp³-hybridized carbons (Fsp3) is 0.300. The van der Waals surface area contributed by atoms with Crippen LogP contribution in [-0.4, -0.2) is 13.4 Å². The molecule has 0 fully saturated rings. The molecule has 18 heavy (non-hydrogen) atoms. The van der Waals surface area contributed by atoms with Crippen LogP contribution in [0.25, 0.3) is 0 Å². The smallest absolute Gasteiger partial charge is 0.274 e. The monoisotopic (exact) mass is 287 g/mol. The maximum absolute atomic E-state index is 11.9. The van der Waals surface area contributed by atoms with Crippen LogP contribution in [0.3, 0.4) is 0 Å².